The Morgan fingerprint density at radius 1 is 0.897 bits per heavy atom. The lowest BCUT2D eigenvalue weighted by molar-refractivity contribution is 0.0947. The fourth-order valence-corrected chi connectivity index (χ4v) is 3.51. The number of ether oxygens (including phenoxy) is 3. The van der Waals surface area contributed by atoms with Crippen LogP contribution < -0.4 is 24.4 Å². The van der Waals surface area contributed by atoms with Gasteiger partial charge in [-0.1, -0.05) is 12.1 Å². The number of carbonyl (C=O) groups is 1. The molecule has 7 nitrogen and oxygen atoms in total. The first-order valence-corrected chi connectivity index (χ1v) is 9.76. The average molecular weight is 399 g/mol. The van der Waals surface area contributed by atoms with Crippen molar-refractivity contribution >= 4 is 11.6 Å². The molecule has 0 unspecified atom stereocenters. The molecule has 7 heteroatoms. The van der Waals surface area contributed by atoms with E-state index in [2.05, 4.69) is 21.2 Å². The summed E-state index contributed by atoms with van der Waals surface area (Å²) < 4.78 is 15.9. The second-order valence-electron chi connectivity index (χ2n) is 6.83. The maximum atomic E-state index is 12.4. The molecular weight excluding hydrogens is 370 g/mol. The molecule has 2 aromatic carbocycles. The normalized spacial score (nSPS) is 14.4. The number of anilines is 1. The highest BCUT2D eigenvalue weighted by molar-refractivity contribution is 5.94. The molecule has 1 N–H and O–H groups in total. The molecule has 1 amide bonds. The molecule has 1 heterocycles. The van der Waals surface area contributed by atoms with Crippen molar-refractivity contribution in [1.82, 2.24) is 10.2 Å². The van der Waals surface area contributed by atoms with Crippen LogP contribution in [0, 0.1) is 0 Å². The van der Waals surface area contributed by atoms with Crippen molar-refractivity contribution in [3.8, 4) is 17.2 Å². The molecule has 1 aliphatic heterocycles. The number of amides is 1. The third kappa shape index (κ3) is 5.12. The molecule has 0 aliphatic carbocycles. The molecular formula is C22H29N3O4. The number of para-hydroxylation sites is 2. The van der Waals surface area contributed by atoms with E-state index in [-0.39, 0.29) is 5.91 Å². The van der Waals surface area contributed by atoms with E-state index in [0.717, 1.165) is 44.2 Å². The number of benzene rings is 2. The van der Waals surface area contributed by atoms with Crippen LogP contribution >= 0.6 is 0 Å². The third-order valence-corrected chi connectivity index (χ3v) is 5.16. The Morgan fingerprint density at radius 3 is 2.28 bits per heavy atom. The molecule has 3 rings (SSSR count). The van der Waals surface area contributed by atoms with Gasteiger partial charge >= 0.3 is 0 Å². The Balaban J connectivity index is 1.45. The minimum absolute atomic E-state index is 0.112. The number of rotatable bonds is 8. The van der Waals surface area contributed by atoms with Gasteiger partial charge in [0.25, 0.3) is 5.91 Å². The number of nitrogens with zero attached hydrogens (tertiary/aromatic N) is 2. The van der Waals surface area contributed by atoms with Crippen LogP contribution in [-0.2, 0) is 0 Å². The molecule has 0 spiro atoms. The van der Waals surface area contributed by atoms with Gasteiger partial charge < -0.3 is 24.4 Å². The van der Waals surface area contributed by atoms with Gasteiger partial charge in [0.15, 0.2) is 11.5 Å². The summed E-state index contributed by atoms with van der Waals surface area (Å²) in [4.78, 5) is 17.1. The van der Waals surface area contributed by atoms with Crippen LogP contribution in [0.2, 0.25) is 0 Å². The molecule has 0 saturated carbocycles. The van der Waals surface area contributed by atoms with E-state index in [1.54, 1.807) is 39.5 Å². The summed E-state index contributed by atoms with van der Waals surface area (Å²) in [5.74, 6) is 1.95. The summed E-state index contributed by atoms with van der Waals surface area (Å²) in [7, 11) is 4.84. The maximum Gasteiger partial charge on any atom is 0.251 e. The van der Waals surface area contributed by atoms with E-state index >= 15 is 0 Å². The molecule has 156 valence electrons. The van der Waals surface area contributed by atoms with Crippen LogP contribution in [0.25, 0.3) is 0 Å². The smallest absolute Gasteiger partial charge is 0.251 e. The summed E-state index contributed by atoms with van der Waals surface area (Å²) >= 11 is 0. The zero-order valence-corrected chi connectivity index (χ0v) is 17.3. The van der Waals surface area contributed by atoms with E-state index in [4.69, 9.17) is 14.2 Å². The van der Waals surface area contributed by atoms with Gasteiger partial charge in [0, 0.05) is 44.8 Å². The predicted molar refractivity (Wildman–Crippen MR) is 114 cm³/mol. The molecule has 1 fully saturated rings. The molecule has 0 atom stereocenters. The molecule has 0 bridgehead atoms. The molecule has 1 aliphatic rings. The fourth-order valence-electron chi connectivity index (χ4n) is 3.51. The standard InChI is InChI=1S/C22H29N3O4/c1-27-19-7-5-4-6-18(19)25-14-12-24(13-15-25)11-10-23-22(26)17-8-9-20(28-2)21(16-17)29-3/h4-9,16H,10-15H2,1-3H3,(H,23,26). The SMILES string of the molecule is COc1ccc(C(=O)NCCN2CCN(c3ccccc3OC)CC2)cc1OC. The molecule has 1 saturated heterocycles. The van der Waals surface area contributed by atoms with Gasteiger partial charge in [-0.3, -0.25) is 9.69 Å². The van der Waals surface area contributed by atoms with Crippen molar-refractivity contribution in [3.63, 3.8) is 0 Å². The van der Waals surface area contributed by atoms with Crippen molar-refractivity contribution in [2.24, 2.45) is 0 Å². The second kappa shape index (κ2) is 10.0. The number of carbonyl (C=O) groups excluding carboxylic acids is 1. The summed E-state index contributed by atoms with van der Waals surface area (Å²) in [6.45, 7) is 5.18. The van der Waals surface area contributed by atoms with Gasteiger partial charge in [-0.15, -0.1) is 0 Å². The van der Waals surface area contributed by atoms with E-state index in [0.29, 0.717) is 23.6 Å². The summed E-state index contributed by atoms with van der Waals surface area (Å²) in [6.07, 6.45) is 0. The highest BCUT2D eigenvalue weighted by atomic mass is 16.5. The van der Waals surface area contributed by atoms with Crippen LogP contribution in [0.4, 0.5) is 5.69 Å². The maximum absolute atomic E-state index is 12.4. The van der Waals surface area contributed by atoms with Crippen LogP contribution in [0.5, 0.6) is 17.2 Å². The third-order valence-electron chi connectivity index (χ3n) is 5.16. The van der Waals surface area contributed by atoms with E-state index in [1.165, 1.54) is 0 Å². The Bertz CT molecular complexity index is 819. The first-order chi connectivity index (χ1) is 14.2. The van der Waals surface area contributed by atoms with Gasteiger partial charge in [0.05, 0.1) is 27.0 Å². The number of piperazine rings is 1. The molecule has 0 aromatic heterocycles. The van der Waals surface area contributed by atoms with E-state index in [1.807, 2.05) is 18.2 Å². The summed E-state index contributed by atoms with van der Waals surface area (Å²) in [5, 5.41) is 2.99. The fraction of sp³-hybridized carbons (Fsp3) is 0.409. The Kier molecular flexibility index (Phi) is 7.19. The van der Waals surface area contributed by atoms with Crippen LogP contribution in [0.15, 0.2) is 42.5 Å². The minimum Gasteiger partial charge on any atom is -0.495 e. The highest BCUT2D eigenvalue weighted by Gasteiger charge is 2.19. The van der Waals surface area contributed by atoms with Crippen LogP contribution in [-0.4, -0.2) is 71.4 Å². The molecule has 29 heavy (non-hydrogen) atoms. The lowest BCUT2D eigenvalue weighted by atomic mass is 10.2. The van der Waals surface area contributed by atoms with Crippen molar-refractivity contribution < 1.29 is 19.0 Å². The van der Waals surface area contributed by atoms with Crippen molar-refractivity contribution in [1.29, 1.82) is 0 Å². The zero-order valence-electron chi connectivity index (χ0n) is 17.3. The predicted octanol–water partition coefficient (Wildman–Crippen LogP) is 2.26. The van der Waals surface area contributed by atoms with Crippen LogP contribution in [0.1, 0.15) is 10.4 Å². The largest absolute Gasteiger partial charge is 0.495 e. The lowest BCUT2D eigenvalue weighted by Gasteiger charge is -2.36. The Morgan fingerprint density at radius 2 is 1.59 bits per heavy atom. The van der Waals surface area contributed by atoms with Crippen molar-refractivity contribution in [2.75, 3.05) is 65.5 Å². The molecule has 0 radical (unpaired) electrons. The van der Waals surface area contributed by atoms with Gasteiger partial charge in [-0.25, -0.2) is 0 Å². The first-order valence-electron chi connectivity index (χ1n) is 9.76. The van der Waals surface area contributed by atoms with Gasteiger partial charge in [0.1, 0.15) is 5.75 Å². The number of hydrogen-bond acceptors (Lipinski definition) is 6. The summed E-state index contributed by atoms with van der Waals surface area (Å²) in [5.41, 5.74) is 1.69. The zero-order chi connectivity index (χ0) is 20.6. The summed E-state index contributed by atoms with van der Waals surface area (Å²) in [6, 6.07) is 13.3. The number of nitrogens with one attached hydrogen (secondary N) is 1. The lowest BCUT2D eigenvalue weighted by Crippen LogP contribution is -2.48. The monoisotopic (exact) mass is 399 g/mol. The van der Waals surface area contributed by atoms with Gasteiger partial charge in [-0.05, 0) is 30.3 Å². The number of hydrogen-bond donors (Lipinski definition) is 1. The van der Waals surface area contributed by atoms with Crippen LogP contribution in [0.3, 0.4) is 0 Å². The Hall–Kier alpha value is -2.93. The first kappa shape index (κ1) is 20.8. The number of methoxy groups -OCH3 is 3. The Labute approximate surface area is 172 Å². The van der Waals surface area contributed by atoms with E-state index < -0.39 is 0 Å². The van der Waals surface area contributed by atoms with Gasteiger partial charge in [-0.2, -0.15) is 0 Å². The van der Waals surface area contributed by atoms with Crippen molar-refractivity contribution in [2.45, 2.75) is 0 Å². The van der Waals surface area contributed by atoms with E-state index in [9.17, 15) is 4.79 Å². The topological polar surface area (TPSA) is 63.3 Å². The minimum atomic E-state index is -0.112. The van der Waals surface area contributed by atoms with Crippen molar-refractivity contribution in [3.05, 3.63) is 48.0 Å². The average Bonchev–Trinajstić information content (AvgIpc) is 2.78. The quantitative estimate of drug-likeness (QED) is 0.735. The molecule has 2 aromatic rings. The van der Waals surface area contributed by atoms with Gasteiger partial charge in [0.2, 0.25) is 0 Å². The second-order valence-corrected chi connectivity index (χ2v) is 6.83. The highest BCUT2D eigenvalue weighted by Crippen LogP contribution is 2.28.